The highest BCUT2D eigenvalue weighted by molar-refractivity contribution is 6.00. The molecule has 0 aliphatic carbocycles. The van der Waals surface area contributed by atoms with Gasteiger partial charge in [0.15, 0.2) is 0 Å². The van der Waals surface area contributed by atoms with Crippen LogP contribution in [-0.4, -0.2) is 23.7 Å². The molecule has 5 nitrogen and oxygen atoms in total. The van der Waals surface area contributed by atoms with E-state index in [1.54, 1.807) is 18.2 Å². The van der Waals surface area contributed by atoms with E-state index in [4.69, 9.17) is 15.1 Å². The molecule has 5 heteroatoms. The first-order chi connectivity index (χ1) is 9.45. The third kappa shape index (κ3) is 4.25. The lowest BCUT2D eigenvalue weighted by Gasteiger charge is -2.06. The first-order valence-corrected chi connectivity index (χ1v) is 6.07. The number of ether oxygens (including phenoxy) is 1. The molecular weight excluding hydrogens is 258 g/mol. The molecule has 0 saturated heterocycles. The summed E-state index contributed by atoms with van der Waals surface area (Å²) in [6.07, 6.45) is 1.23. The molecular formula is C15H15NO4. The van der Waals surface area contributed by atoms with Crippen LogP contribution in [0.15, 0.2) is 29.8 Å². The smallest absolute Gasteiger partial charge is 0.348 e. The Morgan fingerprint density at radius 2 is 2.05 bits per heavy atom. The van der Waals surface area contributed by atoms with Gasteiger partial charge in [0.2, 0.25) is 0 Å². The molecule has 0 aromatic heterocycles. The van der Waals surface area contributed by atoms with Crippen molar-refractivity contribution in [3.8, 4) is 6.07 Å². The zero-order chi connectivity index (χ0) is 15.1. The summed E-state index contributed by atoms with van der Waals surface area (Å²) in [5.74, 6) is -1.71. The Balaban J connectivity index is 3.04. The number of carbonyl (C=O) groups excluding carboxylic acids is 1. The molecule has 0 atom stereocenters. The number of esters is 1. The van der Waals surface area contributed by atoms with Crippen LogP contribution in [0.4, 0.5) is 0 Å². The van der Waals surface area contributed by atoms with E-state index >= 15 is 0 Å². The summed E-state index contributed by atoms with van der Waals surface area (Å²) in [7, 11) is 0. The van der Waals surface area contributed by atoms with E-state index in [0.29, 0.717) is 0 Å². The molecule has 1 aromatic carbocycles. The number of nitriles is 1. The first kappa shape index (κ1) is 15.4. The van der Waals surface area contributed by atoms with E-state index in [0.717, 1.165) is 0 Å². The number of carbonyl (C=O) groups is 2. The molecule has 0 radical (unpaired) electrons. The van der Waals surface area contributed by atoms with Gasteiger partial charge in [-0.1, -0.05) is 32.0 Å². The van der Waals surface area contributed by atoms with Crippen LogP contribution in [0.5, 0.6) is 0 Å². The van der Waals surface area contributed by atoms with Gasteiger partial charge in [-0.25, -0.2) is 9.59 Å². The maximum Gasteiger partial charge on any atom is 0.348 e. The van der Waals surface area contributed by atoms with E-state index < -0.39 is 11.9 Å². The van der Waals surface area contributed by atoms with Crippen molar-refractivity contribution in [2.45, 2.75) is 13.8 Å². The van der Waals surface area contributed by atoms with Crippen LogP contribution in [0.3, 0.4) is 0 Å². The third-order valence-corrected chi connectivity index (χ3v) is 2.38. The van der Waals surface area contributed by atoms with Crippen molar-refractivity contribution in [1.29, 1.82) is 5.26 Å². The SMILES string of the molecule is CC(C)COC(=O)/C(C#N)=C/c1ccccc1C(=O)O. The minimum atomic E-state index is -1.12. The number of nitrogens with zero attached hydrogens (tertiary/aromatic N) is 1. The summed E-state index contributed by atoms with van der Waals surface area (Å²) in [5.41, 5.74) is 0.0920. The number of hydrogen-bond donors (Lipinski definition) is 1. The maximum atomic E-state index is 11.7. The molecule has 0 spiro atoms. The lowest BCUT2D eigenvalue weighted by Crippen LogP contribution is -2.11. The number of benzene rings is 1. The second-order valence-corrected chi connectivity index (χ2v) is 4.55. The van der Waals surface area contributed by atoms with Crippen LogP contribution in [0, 0.1) is 17.2 Å². The van der Waals surface area contributed by atoms with Gasteiger partial charge in [0, 0.05) is 0 Å². The number of rotatable bonds is 5. The Kier molecular flexibility index (Phi) is 5.48. The van der Waals surface area contributed by atoms with Crippen LogP contribution in [0.1, 0.15) is 29.8 Å². The van der Waals surface area contributed by atoms with Gasteiger partial charge in [0.05, 0.1) is 12.2 Å². The minimum Gasteiger partial charge on any atom is -0.478 e. The second kappa shape index (κ2) is 7.10. The molecule has 0 aliphatic heterocycles. The number of carboxylic acid groups (broad SMARTS) is 1. The van der Waals surface area contributed by atoms with Crippen molar-refractivity contribution in [3.05, 3.63) is 41.0 Å². The van der Waals surface area contributed by atoms with Crippen molar-refractivity contribution in [2.75, 3.05) is 6.61 Å². The number of carboxylic acids is 1. The highest BCUT2D eigenvalue weighted by atomic mass is 16.5. The van der Waals surface area contributed by atoms with Crippen LogP contribution in [-0.2, 0) is 9.53 Å². The van der Waals surface area contributed by atoms with Gasteiger partial charge in [0.1, 0.15) is 11.6 Å². The normalized spacial score (nSPS) is 11.0. The van der Waals surface area contributed by atoms with E-state index in [9.17, 15) is 9.59 Å². The molecule has 0 aliphatic rings. The molecule has 1 rings (SSSR count). The molecule has 20 heavy (non-hydrogen) atoms. The highest BCUT2D eigenvalue weighted by Gasteiger charge is 2.14. The second-order valence-electron chi connectivity index (χ2n) is 4.55. The van der Waals surface area contributed by atoms with Crippen LogP contribution in [0.25, 0.3) is 6.08 Å². The van der Waals surface area contributed by atoms with Crippen molar-refractivity contribution in [1.82, 2.24) is 0 Å². The predicted octanol–water partition coefficient (Wildman–Crippen LogP) is 2.49. The van der Waals surface area contributed by atoms with Crippen molar-refractivity contribution in [2.24, 2.45) is 5.92 Å². The molecule has 0 saturated carbocycles. The van der Waals surface area contributed by atoms with Gasteiger partial charge in [-0.05, 0) is 23.6 Å². The third-order valence-electron chi connectivity index (χ3n) is 2.38. The Morgan fingerprint density at radius 3 is 2.60 bits per heavy atom. The Morgan fingerprint density at radius 1 is 1.40 bits per heavy atom. The summed E-state index contributed by atoms with van der Waals surface area (Å²) < 4.78 is 4.95. The Labute approximate surface area is 117 Å². The number of aromatic carboxylic acids is 1. The zero-order valence-electron chi connectivity index (χ0n) is 11.3. The molecule has 0 amide bonds. The van der Waals surface area contributed by atoms with E-state index in [1.807, 2.05) is 13.8 Å². The van der Waals surface area contributed by atoms with Crippen LogP contribution in [0.2, 0.25) is 0 Å². The lowest BCUT2D eigenvalue weighted by molar-refractivity contribution is -0.139. The molecule has 0 heterocycles. The maximum absolute atomic E-state index is 11.7. The minimum absolute atomic E-state index is 0.0249. The fraction of sp³-hybridized carbons (Fsp3) is 0.267. The summed E-state index contributed by atoms with van der Waals surface area (Å²) in [5, 5.41) is 18.0. The van der Waals surface area contributed by atoms with Gasteiger partial charge >= 0.3 is 11.9 Å². The van der Waals surface area contributed by atoms with Gasteiger partial charge in [-0.2, -0.15) is 5.26 Å². The average Bonchev–Trinajstić information content (AvgIpc) is 2.42. The summed E-state index contributed by atoms with van der Waals surface area (Å²) in [4.78, 5) is 22.8. The predicted molar refractivity (Wildman–Crippen MR) is 72.8 cm³/mol. The fourth-order valence-electron chi connectivity index (χ4n) is 1.43. The Bertz CT molecular complexity index is 582. The molecule has 1 aromatic rings. The average molecular weight is 273 g/mol. The van der Waals surface area contributed by atoms with Crippen molar-refractivity contribution >= 4 is 18.0 Å². The molecule has 0 unspecified atom stereocenters. The fourth-order valence-corrected chi connectivity index (χ4v) is 1.43. The summed E-state index contributed by atoms with van der Waals surface area (Å²) in [6.45, 7) is 3.96. The molecule has 104 valence electrons. The van der Waals surface area contributed by atoms with Crippen LogP contribution < -0.4 is 0 Å². The van der Waals surface area contributed by atoms with Crippen molar-refractivity contribution < 1.29 is 19.4 Å². The molecule has 0 bridgehead atoms. The zero-order valence-corrected chi connectivity index (χ0v) is 11.3. The van der Waals surface area contributed by atoms with Gasteiger partial charge in [0.25, 0.3) is 0 Å². The van der Waals surface area contributed by atoms with Gasteiger partial charge in [-0.15, -0.1) is 0 Å². The van der Waals surface area contributed by atoms with Gasteiger partial charge < -0.3 is 9.84 Å². The lowest BCUT2D eigenvalue weighted by atomic mass is 10.0. The number of hydrogen-bond acceptors (Lipinski definition) is 4. The standard InChI is InChI=1S/C15H15NO4/c1-10(2)9-20-15(19)12(8-16)7-11-5-3-4-6-13(11)14(17)18/h3-7,10H,9H2,1-2H3,(H,17,18)/b12-7+. The largest absolute Gasteiger partial charge is 0.478 e. The molecule has 1 N–H and O–H groups in total. The van der Waals surface area contributed by atoms with Crippen LogP contribution >= 0.6 is 0 Å². The Hall–Kier alpha value is -2.61. The van der Waals surface area contributed by atoms with E-state index in [1.165, 1.54) is 18.2 Å². The van der Waals surface area contributed by atoms with E-state index in [2.05, 4.69) is 0 Å². The monoisotopic (exact) mass is 273 g/mol. The highest BCUT2D eigenvalue weighted by Crippen LogP contribution is 2.14. The van der Waals surface area contributed by atoms with Gasteiger partial charge in [-0.3, -0.25) is 0 Å². The van der Waals surface area contributed by atoms with E-state index in [-0.39, 0.29) is 29.2 Å². The van der Waals surface area contributed by atoms with Crippen molar-refractivity contribution in [3.63, 3.8) is 0 Å². The quantitative estimate of drug-likeness (QED) is 0.506. The summed E-state index contributed by atoms with van der Waals surface area (Å²) >= 11 is 0. The topological polar surface area (TPSA) is 87.4 Å². The summed E-state index contributed by atoms with van der Waals surface area (Å²) in [6, 6.07) is 7.87. The molecule has 0 fully saturated rings. The first-order valence-electron chi connectivity index (χ1n) is 6.07.